The number of rotatable bonds is 1. The Morgan fingerprint density at radius 2 is 2.09 bits per heavy atom. The molecule has 4 N–H and O–H groups in total. The third-order valence-electron chi connectivity index (χ3n) is 2.21. The van der Waals surface area contributed by atoms with Crippen LogP contribution in [-0.2, 0) is 4.79 Å². The van der Waals surface area contributed by atoms with Gasteiger partial charge in [-0.05, 0) is 19.3 Å². The molecule has 0 aliphatic heterocycles. The molecule has 4 nitrogen and oxygen atoms in total. The summed E-state index contributed by atoms with van der Waals surface area (Å²) in [5, 5.41) is 17.8. The van der Waals surface area contributed by atoms with Gasteiger partial charge in [-0.3, -0.25) is 4.79 Å². The van der Waals surface area contributed by atoms with E-state index in [1.54, 1.807) is 0 Å². The van der Waals surface area contributed by atoms with Crippen LogP contribution in [0.25, 0.3) is 0 Å². The lowest BCUT2D eigenvalue weighted by atomic mass is 9.84. The van der Waals surface area contributed by atoms with Crippen molar-refractivity contribution >= 4 is 5.97 Å². The van der Waals surface area contributed by atoms with Crippen LogP contribution in [0.4, 0.5) is 0 Å². The van der Waals surface area contributed by atoms with Crippen LogP contribution in [0.15, 0.2) is 0 Å². The summed E-state index contributed by atoms with van der Waals surface area (Å²) < 4.78 is 0. The minimum Gasteiger partial charge on any atom is -0.481 e. The number of carbonyl (C=O) groups is 1. The predicted octanol–water partition coefficient (Wildman–Crippen LogP) is -0.441. The maximum Gasteiger partial charge on any atom is 0.306 e. The van der Waals surface area contributed by atoms with Crippen LogP contribution >= 0.6 is 0 Å². The number of hydrogen-bond acceptors (Lipinski definition) is 3. The molecule has 3 atom stereocenters. The quantitative estimate of drug-likeness (QED) is 0.484. The van der Waals surface area contributed by atoms with E-state index in [2.05, 4.69) is 0 Å². The molecule has 0 aromatic heterocycles. The third-order valence-corrected chi connectivity index (χ3v) is 2.21. The fourth-order valence-electron chi connectivity index (χ4n) is 1.41. The minimum absolute atomic E-state index is 0.353. The molecule has 0 bridgehead atoms. The number of aliphatic hydroxyl groups excluding tert-OH is 1. The van der Waals surface area contributed by atoms with Crippen molar-refractivity contribution in [2.75, 3.05) is 0 Å². The van der Waals surface area contributed by atoms with E-state index in [9.17, 15) is 4.79 Å². The van der Waals surface area contributed by atoms with Crippen molar-refractivity contribution in [1.82, 2.24) is 0 Å². The Labute approximate surface area is 65.0 Å². The Morgan fingerprint density at radius 3 is 2.55 bits per heavy atom. The predicted molar refractivity (Wildman–Crippen MR) is 39.0 cm³/mol. The number of carboxylic acid groups (broad SMARTS) is 1. The molecule has 0 spiro atoms. The maximum absolute atomic E-state index is 10.5. The zero-order valence-electron chi connectivity index (χ0n) is 6.23. The molecule has 11 heavy (non-hydrogen) atoms. The van der Waals surface area contributed by atoms with Crippen molar-refractivity contribution < 1.29 is 15.0 Å². The molecule has 0 unspecified atom stereocenters. The van der Waals surface area contributed by atoms with E-state index in [-0.39, 0.29) is 12.0 Å². The molecule has 1 fully saturated rings. The van der Waals surface area contributed by atoms with Gasteiger partial charge in [-0.1, -0.05) is 0 Å². The second kappa shape index (κ2) is 3.19. The van der Waals surface area contributed by atoms with E-state index < -0.39 is 12.1 Å². The Hall–Kier alpha value is -0.610. The zero-order chi connectivity index (χ0) is 8.43. The van der Waals surface area contributed by atoms with E-state index in [0.717, 1.165) is 0 Å². The van der Waals surface area contributed by atoms with Crippen LogP contribution in [0, 0.1) is 5.92 Å². The summed E-state index contributed by atoms with van der Waals surface area (Å²) in [6, 6.07) is -0.357. The van der Waals surface area contributed by atoms with Crippen LogP contribution in [0.5, 0.6) is 0 Å². The molecule has 0 radical (unpaired) electrons. The highest BCUT2D eigenvalue weighted by Gasteiger charge is 2.30. The first-order valence-electron chi connectivity index (χ1n) is 3.77. The fraction of sp³-hybridized carbons (Fsp3) is 0.857. The van der Waals surface area contributed by atoms with E-state index in [1.165, 1.54) is 0 Å². The molecule has 0 aromatic rings. The number of hydrogen-bond donors (Lipinski definition) is 3. The highest BCUT2D eigenvalue weighted by molar-refractivity contribution is 5.70. The van der Waals surface area contributed by atoms with Gasteiger partial charge in [0.1, 0.15) is 0 Å². The number of carboxylic acids is 1. The first kappa shape index (κ1) is 8.49. The van der Waals surface area contributed by atoms with Gasteiger partial charge in [-0.15, -0.1) is 0 Å². The molecule has 0 heterocycles. The molecule has 64 valence electrons. The van der Waals surface area contributed by atoms with Gasteiger partial charge in [-0.25, -0.2) is 0 Å². The second-order valence-electron chi connectivity index (χ2n) is 3.08. The van der Waals surface area contributed by atoms with Crippen LogP contribution in [-0.4, -0.2) is 28.3 Å². The van der Waals surface area contributed by atoms with Crippen LogP contribution in [0.3, 0.4) is 0 Å². The van der Waals surface area contributed by atoms with Crippen molar-refractivity contribution in [1.29, 1.82) is 0 Å². The maximum atomic E-state index is 10.5. The SMILES string of the molecule is N[C@@H]1C[C@H](C(=O)O)CC[C@@H]1O. The van der Waals surface area contributed by atoms with E-state index in [0.29, 0.717) is 19.3 Å². The molecule has 0 amide bonds. The number of aliphatic hydroxyl groups is 1. The monoisotopic (exact) mass is 159 g/mol. The van der Waals surface area contributed by atoms with Gasteiger partial charge in [0, 0.05) is 6.04 Å². The summed E-state index contributed by atoms with van der Waals surface area (Å²) in [5.74, 6) is -1.15. The summed E-state index contributed by atoms with van der Waals surface area (Å²) in [7, 11) is 0. The Kier molecular flexibility index (Phi) is 2.46. The Morgan fingerprint density at radius 1 is 1.45 bits per heavy atom. The van der Waals surface area contributed by atoms with Crippen molar-refractivity contribution in [2.24, 2.45) is 11.7 Å². The minimum atomic E-state index is -0.799. The van der Waals surface area contributed by atoms with Gasteiger partial charge >= 0.3 is 5.97 Å². The van der Waals surface area contributed by atoms with Gasteiger partial charge in [0.25, 0.3) is 0 Å². The highest BCUT2D eigenvalue weighted by atomic mass is 16.4. The van der Waals surface area contributed by atoms with E-state index >= 15 is 0 Å². The average molecular weight is 159 g/mol. The summed E-state index contributed by atoms with van der Waals surface area (Å²) in [6.45, 7) is 0. The Bertz CT molecular complexity index is 160. The molecule has 0 saturated heterocycles. The molecule has 1 saturated carbocycles. The van der Waals surface area contributed by atoms with Crippen molar-refractivity contribution in [3.8, 4) is 0 Å². The molecular weight excluding hydrogens is 146 g/mol. The fourth-order valence-corrected chi connectivity index (χ4v) is 1.41. The van der Waals surface area contributed by atoms with Crippen molar-refractivity contribution in [2.45, 2.75) is 31.4 Å². The summed E-state index contributed by atoms with van der Waals surface area (Å²) in [4.78, 5) is 10.5. The lowest BCUT2D eigenvalue weighted by molar-refractivity contribution is -0.143. The summed E-state index contributed by atoms with van der Waals surface area (Å²) in [5.41, 5.74) is 5.49. The average Bonchev–Trinajstić information content (AvgIpc) is 1.94. The smallest absolute Gasteiger partial charge is 0.306 e. The van der Waals surface area contributed by atoms with Crippen LogP contribution in [0.1, 0.15) is 19.3 Å². The second-order valence-corrected chi connectivity index (χ2v) is 3.08. The number of aliphatic carboxylic acids is 1. The lowest BCUT2D eigenvalue weighted by Gasteiger charge is -2.28. The summed E-state index contributed by atoms with van der Waals surface area (Å²) >= 11 is 0. The molecule has 1 aliphatic carbocycles. The van der Waals surface area contributed by atoms with Crippen molar-refractivity contribution in [3.05, 3.63) is 0 Å². The van der Waals surface area contributed by atoms with Gasteiger partial charge in [-0.2, -0.15) is 0 Å². The van der Waals surface area contributed by atoms with Gasteiger partial charge < -0.3 is 15.9 Å². The molecular formula is C7H13NO3. The molecule has 4 heteroatoms. The van der Waals surface area contributed by atoms with Gasteiger partial charge in [0.2, 0.25) is 0 Å². The van der Waals surface area contributed by atoms with E-state index in [1.807, 2.05) is 0 Å². The molecule has 1 rings (SSSR count). The standard InChI is InChI=1S/C7H13NO3/c8-5-3-4(7(10)11)1-2-6(5)9/h4-6,9H,1-3,8H2,(H,10,11)/t4-,5-,6+/m1/s1. The topological polar surface area (TPSA) is 83.6 Å². The molecule has 1 aliphatic rings. The van der Waals surface area contributed by atoms with Crippen LogP contribution in [0.2, 0.25) is 0 Å². The van der Waals surface area contributed by atoms with E-state index in [4.69, 9.17) is 15.9 Å². The van der Waals surface area contributed by atoms with Crippen molar-refractivity contribution in [3.63, 3.8) is 0 Å². The first-order chi connectivity index (χ1) is 5.11. The largest absolute Gasteiger partial charge is 0.481 e. The first-order valence-corrected chi connectivity index (χ1v) is 3.77. The van der Waals surface area contributed by atoms with Gasteiger partial charge in [0.05, 0.1) is 12.0 Å². The normalized spacial score (nSPS) is 38.5. The molecule has 0 aromatic carbocycles. The zero-order valence-corrected chi connectivity index (χ0v) is 6.23. The lowest BCUT2D eigenvalue weighted by Crippen LogP contribution is -2.42. The summed E-state index contributed by atoms with van der Waals surface area (Å²) in [6.07, 6.45) is 0.948. The highest BCUT2D eigenvalue weighted by Crippen LogP contribution is 2.23. The van der Waals surface area contributed by atoms with Crippen LogP contribution < -0.4 is 5.73 Å². The Balaban J connectivity index is 2.46. The number of nitrogens with two attached hydrogens (primary N) is 1. The third kappa shape index (κ3) is 1.91. The van der Waals surface area contributed by atoms with Gasteiger partial charge in [0.15, 0.2) is 0 Å².